The van der Waals surface area contributed by atoms with E-state index < -0.39 is 0 Å². The SMILES string of the molecule is CC(C)CCCC(C)N1CC(C#N)CC1=O. The minimum absolute atomic E-state index is 0.0833. The highest BCUT2D eigenvalue weighted by molar-refractivity contribution is 5.79. The molecule has 1 aliphatic heterocycles. The summed E-state index contributed by atoms with van der Waals surface area (Å²) in [4.78, 5) is 13.5. The van der Waals surface area contributed by atoms with Crippen LogP contribution >= 0.6 is 0 Å². The van der Waals surface area contributed by atoms with E-state index in [1.807, 2.05) is 4.90 Å². The fraction of sp³-hybridized carbons (Fsp3) is 0.846. The second-order valence-electron chi connectivity index (χ2n) is 5.25. The second kappa shape index (κ2) is 5.89. The van der Waals surface area contributed by atoms with E-state index in [9.17, 15) is 4.79 Å². The monoisotopic (exact) mass is 222 g/mol. The Hall–Kier alpha value is -1.04. The first-order chi connectivity index (χ1) is 7.54. The Morgan fingerprint density at radius 1 is 1.44 bits per heavy atom. The van der Waals surface area contributed by atoms with E-state index in [0.717, 1.165) is 12.3 Å². The molecule has 0 saturated carbocycles. The van der Waals surface area contributed by atoms with Crippen LogP contribution in [-0.2, 0) is 4.79 Å². The normalized spacial score (nSPS) is 22.6. The van der Waals surface area contributed by atoms with Crippen molar-refractivity contribution in [3.63, 3.8) is 0 Å². The van der Waals surface area contributed by atoms with Crippen molar-refractivity contribution in [2.24, 2.45) is 11.8 Å². The molecule has 0 radical (unpaired) electrons. The summed E-state index contributed by atoms with van der Waals surface area (Å²) in [7, 11) is 0. The van der Waals surface area contributed by atoms with Crippen molar-refractivity contribution in [3.05, 3.63) is 0 Å². The summed E-state index contributed by atoms with van der Waals surface area (Å²) in [5.41, 5.74) is 0. The highest BCUT2D eigenvalue weighted by atomic mass is 16.2. The Kier molecular flexibility index (Phi) is 4.79. The maximum atomic E-state index is 11.7. The van der Waals surface area contributed by atoms with E-state index >= 15 is 0 Å². The summed E-state index contributed by atoms with van der Waals surface area (Å²) < 4.78 is 0. The van der Waals surface area contributed by atoms with Gasteiger partial charge in [-0.1, -0.05) is 26.7 Å². The number of hydrogen-bond acceptors (Lipinski definition) is 2. The van der Waals surface area contributed by atoms with Crippen molar-refractivity contribution in [3.8, 4) is 6.07 Å². The molecule has 90 valence electrons. The van der Waals surface area contributed by atoms with Crippen LogP contribution < -0.4 is 0 Å². The Morgan fingerprint density at radius 3 is 2.62 bits per heavy atom. The first kappa shape index (κ1) is 13.0. The molecule has 0 bridgehead atoms. The van der Waals surface area contributed by atoms with Crippen LogP contribution in [0.25, 0.3) is 0 Å². The third kappa shape index (κ3) is 3.52. The molecule has 1 saturated heterocycles. The van der Waals surface area contributed by atoms with Gasteiger partial charge in [0.05, 0.1) is 12.0 Å². The number of carbonyl (C=O) groups is 1. The molecule has 0 N–H and O–H groups in total. The van der Waals surface area contributed by atoms with Gasteiger partial charge in [0.2, 0.25) is 5.91 Å². The zero-order valence-electron chi connectivity index (χ0n) is 10.6. The van der Waals surface area contributed by atoms with Gasteiger partial charge < -0.3 is 4.90 Å². The van der Waals surface area contributed by atoms with Gasteiger partial charge in [-0.25, -0.2) is 0 Å². The van der Waals surface area contributed by atoms with Gasteiger partial charge in [0.15, 0.2) is 0 Å². The third-order valence-corrected chi connectivity index (χ3v) is 3.28. The first-order valence-corrected chi connectivity index (χ1v) is 6.23. The summed E-state index contributed by atoms with van der Waals surface area (Å²) in [5.74, 6) is 0.803. The lowest BCUT2D eigenvalue weighted by Crippen LogP contribution is -2.34. The van der Waals surface area contributed by atoms with Gasteiger partial charge in [-0.3, -0.25) is 4.79 Å². The molecule has 2 atom stereocenters. The standard InChI is InChI=1S/C13H22N2O/c1-10(2)5-4-6-11(3)15-9-12(8-14)7-13(15)16/h10-12H,4-7,9H2,1-3H3. The van der Waals surface area contributed by atoms with Crippen molar-refractivity contribution in [2.75, 3.05) is 6.54 Å². The van der Waals surface area contributed by atoms with Crippen LogP contribution in [0.15, 0.2) is 0 Å². The molecule has 1 aliphatic rings. The minimum atomic E-state index is -0.0833. The smallest absolute Gasteiger partial charge is 0.224 e. The quantitative estimate of drug-likeness (QED) is 0.717. The Labute approximate surface area is 98.4 Å². The average Bonchev–Trinajstić information content (AvgIpc) is 2.59. The lowest BCUT2D eigenvalue weighted by atomic mass is 10.0. The summed E-state index contributed by atoms with van der Waals surface area (Å²) in [6.07, 6.45) is 3.86. The predicted molar refractivity (Wildman–Crippen MR) is 63.6 cm³/mol. The molecule has 1 rings (SSSR count). The minimum Gasteiger partial charge on any atom is -0.339 e. The van der Waals surface area contributed by atoms with Gasteiger partial charge in [-0.05, 0) is 19.3 Å². The highest BCUT2D eigenvalue weighted by Crippen LogP contribution is 2.22. The molecule has 0 aliphatic carbocycles. The number of amides is 1. The highest BCUT2D eigenvalue weighted by Gasteiger charge is 2.32. The second-order valence-corrected chi connectivity index (χ2v) is 5.25. The van der Waals surface area contributed by atoms with Gasteiger partial charge in [-0.2, -0.15) is 5.26 Å². The van der Waals surface area contributed by atoms with Crippen molar-refractivity contribution < 1.29 is 4.79 Å². The van der Waals surface area contributed by atoms with Crippen LogP contribution in [0, 0.1) is 23.2 Å². The van der Waals surface area contributed by atoms with Gasteiger partial charge in [0.1, 0.15) is 0 Å². The zero-order valence-corrected chi connectivity index (χ0v) is 10.6. The maximum Gasteiger partial charge on any atom is 0.224 e. The first-order valence-electron chi connectivity index (χ1n) is 6.23. The number of rotatable bonds is 5. The fourth-order valence-corrected chi connectivity index (χ4v) is 2.22. The van der Waals surface area contributed by atoms with Crippen molar-refractivity contribution >= 4 is 5.91 Å². The van der Waals surface area contributed by atoms with Crippen molar-refractivity contribution in [1.82, 2.24) is 4.90 Å². The Bertz CT molecular complexity index is 280. The van der Waals surface area contributed by atoms with E-state index in [1.165, 1.54) is 12.8 Å². The molecule has 2 unspecified atom stereocenters. The van der Waals surface area contributed by atoms with Gasteiger partial charge in [0.25, 0.3) is 0 Å². The summed E-state index contributed by atoms with van der Waals surface area (Å²) in [6, 6.07) is 2.49. The molecule has 3 nitrogen and oxygen atoms in total. The molecule has 0 aromatic rings. The molecule has 0 aromatic heterocycles. The number of likely N-dealkylation sites (tertiary alicyclic amines) is 1. The number of carbonyl (C=O) groups excluding carboxylic acids is 1. The fourth-order valence-electron chi connectivity index (χ4n) is 2.22. The largest absolute Gasteiger partial charge is 0.339 e. The van der Waals surface area contributed by atoms with E-state index in [4.69, 9.17) is 5.26 Å². The van der Waals surface area contributed by atoms with E-state index in [0.29, 0.717) is 19.0 Å². The third-order valence-electron chi connectivity index (χ3n) is 3.28. The average molecular weight is 222 g/mol. The maximum absolute atomic E-state index is 11.7. The number of nitrogens with zero attached hydrogens (tertiary/aromatic N) is 2. The van der Waals surface area contributed by atoms with Crippen LogP contribution in [0.4, 0.5) is 0 Å². The summed E-state index contributed by atoms with van der Waals surface area (Å²) in [6.45, 7) is 7.17. The van der Waals surface area contributed by atoms with E-state index in [1.54, 1.807) is 0 Å². The van der Waals surface area contributed by atoms with Crippen molar-refractivity contribution in [1.29, 1.82) is 5.26 Å². The lowest BCUT2D eigenvalue weighted by Gasteiger charge is -2.24. The zero-order chi connectivity index (χ0) is 12.1. The van der Waals surface area contributed by atoms with Gasteiger partial charge in [0, 0.05) is 19.0 Å². The van der Waals surface area contributed by atoms with Crippen LogP contribution in [0.1, 0.15) is 46.5 Å². The molecule has 3 heteroatoms. The molecule has 16 heavy (non-hydrogen) atoms. The molecular formula is C13H22N2O. The molecule has 0 spiro atoms. The van der Waals surface area contributed by atoms with Crippen LogP contribution in [-0.4, -0.2) is 23.4 Å². The molecule has 1 heterocycles. The van der Waals surface area contributed by atoms with Gasteiger partial charge in [-0.15, -0.1) is 0 Å². The van der Waals surface area contributed by atoms with E-state index in [2.05, 4.69) is 26.8 Å². The number of hydrogen-bond donors (Lipinski definition) is 0. The number of nitriles is 1. The summed E-state index contributed by atoms with van der Waals surface area (Å²) in [5, 5.41) is 8.80. The molecule has 1 amide bonds. The van der Waals surface area contributed by atoms with Crippen LogP contribution in [0.3, 0.4) is 0 Å². The predicted octanol–water partition coefficient (Wildman–Crippen LogP) is 2.57. The lowest BCUT2D eigenvalue weighted by molar-refractivity contribution is -0.129. The van der Waals surface area contributed by atoms with E-state index in [-0.39, 0.29) is 11.8 Å². The summed E-state index contributed by atoms with van der Waals surface area (Å²) >= 11 is 0. The molecule has 1 fully saturated rings. The van der Waals surface area contributed by atoms with Crippen LogP contribution in [0.2, 0.25) is 0 Å². The molecule has 0 aromatic carbocycles. The van der Waals surface area contributed by atoms with Crippen LogP contribution in [0.5, 0.6) is 0 Å². The van der Waals surface area contributed by atoms with Crippen molar-refractivity contribution in [2.45, 2.75) is 52.5 Å². The Morgan fingerprint density at radius 2 is 2.12 bits per heavy atom. The topological polar surface area (TPSA) is 44.1 Å². The molecular weight excluding hydrogens is 200 g/mol. The van der Waals surface area contributed by atoms with Gasteiger partial charge >= 0.3 is 0 Å². The Balaban J connectivity index is 2.34.